The molecular weight excluding hydrogens is 295 g/mol. The zero-order valence-corrected chi connectivity index (χ0v) is 11.9. The van der Waals surface area contributed by atoms with Crippen molar-refractivity contribution in [3.63, 3.8) is 0 Å². The Morgan fingerprint density at radius 2 is 2.11 bits per heavy atom. The summed E-state index contributed by atoms with van der Waals surface area (Å²) in [7, 11) is 0. The van der Waals surface area contributed by atoms with E-state index >= 15 is 0 Å². The maximum Gasteiger partial charge on any atom is 0.382 e. The first-order valence-corrected chi connectivity index (χ1v) is 6.46. The first-order chi connectivity index (χ1) is 9.13. The second-order valence-electron chi connectivity index (χ2n) is 3.56. The second kappa shape index (κ2) is 8.98. The van der Waals surface area contributed by atoms with Gasteiger partial charge in [0, 0.05) is 5.02 Å². The molecule has 0 bridgehead atoms. The molecule has 0 saturated carbocycles. The van der Waals surface area contributed by atoms with E-state index in [9.17, 15) is 4.79 Å². The van der Waals surface area contributed by atoms with Gasteiger partial charge in [0.15, 0.2) is 6.61 Å². The molecule has 19 heavy (non-hydrogen) atoms. The monoisotopic (exact) mass is 308 g/mol. The molecule has 1 aromatic carbocycles. The van der Waals surface area contributed by atoms with Gasteiger partial charge in [-0.25, -0.2) is 4.79 Å². The molecule has 0 amide bonds. The summed E-state index contributed by atoms with van der Waals surface area (Å²) in [4.78, 5) is 20.1. The number of carbonyl (C=O) groups excluding carboxylic acids is 1. The smallest absolute Gasteiger partial charge is 0.382 e. The van der Waals surface area contributed by atoms with Crippen LogP contribution < -0.4 is 4.74 Å². The molecule has 0 unspecified atom stereocenters. The Hall–Kier alpha value is -1.01. The van der Waals surface area contributed by atoms with Gasteiger partial charge in [-0.1, -0.05) is 36.5 Å². The first-order valence-electron chi connectivity index (χ1n) is 5.70. The van der Waals surface area contributed by atoms with Crippen molar-refractivity contribution in [1.29, 1.82) is 0 Å². The summed E-state index contributed by atoms with van der Waals surface area (Å²) in [5, 5.41) is 5.04. The van der Waals surface area contributed by atoms with Crippen molar-refractivity contribution in [2.75, 3.05) is 13.2 Å². The molecule has 0 saturated heterocycles. The highest BCUT2D eigenvalue weighted by Gasteiger charge is 2.08. The molecule has 0 aliphatic rings. The Labute approximate surface area is 121 Å². The molecule has 0 aliphatic heterocycles. The van der Waals surface area contributed by atoms with Gasteiger partial charge in [-0.3, -0.25) is 4.89 Å². The molecule has 5 nitrogen and oxygen atoms in total. The fraction of sp³-hybridized carbons (Fsp3) is 0.417. The van der Waals surface area contributed by atoms with E-state index in [1.165, 1.54) is 6.07 Å². The third-order valence-electron chi connectivity index (χ3n) is 2.00. The van der Waals surface area contributed by atoms with Gasteiger partial charge in [0.1, 0.15) is 5.75 Å². The molecule has 0 fully saturated rings. The third kappa shape index (κ3) is 6.63. The lowest BCUT2D eigenvalue weighted by molar-refractivity contribution is -0.486. The molecule has 0 spiro atoms. The van der Waals surface area contributed by atoms with Crippen LogP contribution in [-0.2, 0) is 19.6 Å². The van der Waals surface area contributed by atoms with Crippen LogP contribution in [0.25, 0.3) is 0 Å². The first kappa shape index (κ1) is 16.0. The van der Waals surface area contributed by atoms with Crippen LogP contribution in [0.2, 0.25) is 10.0 Å². The van der Waals surface area contributed by atoms with Crippen molar-refractivity contribution in [2.24, 2.45) is 0 Å². The van der Waals surface area contributed by atoms with E-state index in [4.69, 9.17) is 27.9 Å². The summed E-state index contributed by atoms with van der Waals surface area (Å²) in [6.07, 6.45) is 1.77. The molecule has 0 aliphatic carbocycles. The number of halogens is 2. The minimum Gasteiger partial charge on any atom is -0.480 e. The Balaban J connectivity index is 2.22. The lowest BCUT2D eigenvalue weighted by Crippen LogP contribution is -2.15. The van der Waals surface area contributed by atoms with E-state index in [-0.39, 0.29) is 6.61 Å². The predicted octanol–water partition coefficient (Wildman–Crippen LogP) is 3.58. The molecule has 106 valence electrons. The van der Waals surface area contributed by atoms with Crippen LogP contribution in [0.1, 0.15) is 19.8 Å². The van der Waals surface area contributed by atoms with Crippen molar-refractivity contribution in [2.45, 2.75) is 19.8 Å². The molecule has 7 heteroatoms. The zero-order chi connectivity index (χ0) is 14.1. The summed E-state index contributed by atoms with van der Waals surface area (Å²) in [6.45, 7) is 2.01. The van der Waals surface area contributed by atoms with Crippen LogP contribution in [0.3, 0.4) is 0 Å². The molecule has 0 heterocycles. The molecule has 0 aromatic heterocycles. The Kier molecular flexibility index (Phi) is 7.59. The number of benzene rings is 1. The van der Waals surface area contributed by atoms with Crippen molar-refractivity contribution in [3.8, 4) is 5.75 Å². The van der Waals surface area contributed by atoms with Gasteiger partial charge >= 0.3 is 5.97 Å². The van der Waals surface area contributed by atoms with Gasteiger partial charge in [0.25, 0.3) is 0 Å². The van der Waals surface area contributed by atoms with Crippen LogP contribution in [0.5, 0.6) is 5.75 Å². The van der Waals surface area contributed by atoms with E-state index in [1.807, 2.05) is 6.92 Å². The molecule has 0 atom stereocenters. The highest BCUT2D eigenvalue weighted by Crippen LogP contribution is 2.27. The highest BCUT2D eigenvalue weighted by atomic mass is 35.5. The number of hydrogen-bond donors (Lipinski definition) is 0. The molecular formula is C12H14Cl2O5. The van der Waals surface area contributed by atoms with Gasteiger partial charge in [0.05, 0.1) is 11.6 Å². The lowest BCUT2D eigenvalue weighted by Gasteiger charge is -2.07. The highest BCUT2D eigenvalue weighted by molar-refractivity contribution is 6.35. The number of hydrogen-bond acceptors (Lipinski definition) is 5. The van der Waals surface area contributed by atoms with E-state index < -0.39 is 5.97 Å². The van der Waals surface area contributed by atoms with Crippen LogP contribution in [0.4, 0.5) is 0 Å². The lowest BCUT2D eigenvalue weighted by atomic mass is 10.3. The SMILES string of the molecule is CCCCOOOC(=O)COc1ccc(Cl)cc1Cl. The van der Waals surface area contributed by atoms with Gasteiger partial charge in [-0.15, -0.1) is 0 Å². The van der Waals surface area contributed by atoms with Gasteiger partial charge < -0.3 is 4.74 Å². The van der Waals surface area contributed by atoms with Gasteiger partial charge in [0.2, 0.25) is 0 Å². The van der Waals surface area contributed by atoms with Crippen molar-refractivity contribution >= 4 is 29.2 Å². The summed E-state index contributed by atoms with van der Waals surface area (Å²) in [5.74, 6) is -0.405. The summed E-state index contributed by atoms with van der Waals surface area (Å²) in [5.41, 5.74) is 0. The second-order valence-corrected chi connectivity index (χ2v) is 4.41. The van der Waals surface area contributed by atoms with Crippen LogP contribution in [0.15, 0.2) is 18.2 Å². The Morgan fingerprint density at radius 3 is 2.79 bits per heavy atom. The zero-order valence-electron chi connectivity index (χ0n) is 10.4. The van der Waals surface area contributed by atoms with Gasteiger partial charge in [-0.2, -0.15) is 4.89 Å². The fourth-order valence-corrected chi connectivity index (χ4v) is 1.52. The minimum atomic E-state index is -0.734. The number of carbonyl (C=O) groups is 1. The van der Waals surface area contributed by atoms with E-state index in [0.717, 1.165) is 12.8 Å². The predicted molar refractivity (Wildman–Crippen MR) is 70.0 cm³/mol. The molecule has 0 N–H and O–H groups in total. The quantitative estimate of drug-likeness (QED) is 0.417. The molecule has 0 radical (unpaired) electrons. The van der Waals surface area contributed by atoms with Crippen molar-refractivity contribution in [3.05, 3.63) is 28.2 Å². The van der Waals surface area contributed by atoms with Gasteiger partial charge in [-0.05, 0) is 29.7 Å². The largest absolute Gasteiger partial charge is 0.480 e. The van der Waals surface area contributed by atoms with E-state index in [2.05, 4.69) is 14.8 Å². The fourth-order valence-electron chi connectivity index (χ4n) is 1.05. The Bertz CT molecular complexity index is 411. The summed E-state index contributed by atoms with van der Waals surface area (Å²) in [6, 6.07) is 4.66. The number of rotatable bonds is 8. The normalized spacial score (nSPS) is 10.3. The summed E-state index contributed by atoms with van der Waals surface area (Å²) < 4.78 is 5.13. The topological polar surface area (TPSA) is 54.0 Å². The average Bonchev–Trinajstić information content (AvgIpc) is 2.37. The number of ether oxygens (including phenoxy) is 1. The average molecular weight is 309 g/mol. The maximum absolute atomic E-state index is 11.2. The van der Waals surface area contributed by atoms with E-state index in [0.29, 0.717) is 22.4 Å². The van der Waals surface area contributed by atoms with Crippen LogP contribution >= 0.6 is 23.2 Å². The summed E-state index contributed by atoms with van der Waals surface area (Å²) >= 11 is 11.6. The maximum atomic E-state index is 11.2. The third-order valence-corrected chi connectivity index (χ3v) is 2.53. The minimum absolute atomic E-state index is 0.306. The van der Waals surface area contributed by atoms with Crippen LogP contribution in [-0.4, -0.2) is 19.2 Å². The standard InChI is InChI=1S/C12H14Cl2O5/c1-2-3-6-17-19-18-12(15)8-16-11-5-4-9(13)7-10(11)14/h4-5,7H,2-3,6,8H2,1H3. The van der Waals surface area contributed by atoms with E-state index in [1.54, 1.807) is 12.1 Å². The molecule has 1 aromatic rings. The Morgan fingerprint density at radius 1 is 1.32 bits per heavy atom. The molecule has 1 rings (SSSR count). The van der Waals surface area contributed by atoms with Crippen molar-refractivity contribution in [1.82, 2.24) is 0 Å². The van der Waals surface area contributed by atoms with Crippen LogP contribution in [0, 0.1) is 0 Å². The number of unbranched alkanes of at least 4 members (excludes halogenated alkanes) is 1. The van der Waals surface area contributed by atoms with Crippen molar-refractivity contribution < 1.29 is 24.3 Å².